The standard InChI is InChI=1S/C14H15ClN4O3/c15-12-7-11(13(16)19-18-12)22-6-5-9-1-3-10(4-2-9)8-17-14(20)21/h1-4,7,17H,5-6,8H2,(H2,16,19)(H,20,21). The van der Waals surface area contributed by atoms with Gasteiger partial charge in [-0.1, -0.05) is 35.9 Å². The SMILES string of the molecule is Nc1nnc(Cl)cc1OCCc1ccc(CNC(=O)O)cc1. The summed E-state index contributed by atoms with van der Waals surface area (Å²) in [5.41, 5.74) is 7.59. The van der Waals surface area contributed by atoms with Gasteiger partial charge in [0, 0.05) is 19.0 Å². The molecule has 0 bridgehead atoms. The molecule has 0 aliphatic carbocycles. The van der Waals surface area contributed by atoms with E-state index in [1.807, 2.05) is 24.3 Å². The number of benzene rings is 1. The highest BCUT2D eigenvalue weighted by Gasteiger charge is 2.04. The molecule has 4 N–H and O–H groups in total. The number of carbonyl (C=O) groups is 1. The van der Waals surface area contributed by atoms with Gasteiger partial charge in [0.1, 0.15) is 0 Å². The number of hydrogen-bond donors (Lipinski definition) is 3. The minimum Gasteiger partial charge on any atom is -0.489 e. The smallest absolute Gasteiger partial charge is 0.404 e. The van der Waals surface area contributed by atoms with Crippen molar-refractivity contribution in [2.75, 3.05) is 12.3 Å². The van der Waals surface area contributed by atoms with Gasteiger partial charge in [-0.25, -0.2) is 4.79 Å². The third kappa shape index (κ3) is 4.78. The minimum absolute atomic E-state index is 0.194. The largest absolute Gasteiger partial charge is 0.489 e. The van der Waals surface area contributed by atoms with Crippen LogP contribution in [0.3, 0.4) is 0 Å². The summed E-state index contributed by atoms with van der Waals surface area (Å²) in [5.74, 6) is 0.599. The Balaban J connectivity index is 1.84. The molecule has 0 unspecified atom stereocenters. The number of rotatable bonds is 6. The summed E-state index contributed by atoms with van der Waals surface area (Å²) in [4.78, 5) is 10.4. The lowest BCUT2D eigenvalue weighted by molar-refractivity contribution is 0.194. The average molecular weight is 323 g/mol. The predicted octanol–water partition coefficient (Wildman–Crippen LogP) is 2.10. The number of amides is 1. The van der Waals surface area contributed by atoms with Crippen LogP contribution in [0.2, 0.25) is 5.15 Å². The molecule has 2 aromatic rings. The van der Waals surface area contributed by atoms with E-state index in [0.717, 1.165) is 11.1 Å². The molecule has 0 aliphatic heterocycles. The number of nitrogens with zero attached hydrogens (tertiary/aromatic N) is 2. The highest BCUT2D eigenvalue weighted by molar-refractivity contribution is 6.29. The molecule has 7 nitrogen and oxygen atoms in total. The van der Waals surface area contributed by atoms with Gasteiger partial charge in [0.15, 0.2) is 16.7 Å². The molecule has 0 saturated carbocycles. The van der Waals surface area contributed by atoms with Crippen LogP contribution in [0, 0.1) is 0 Å². The molecule has 22 heavy (non-hydrogen) atoms. The summed E-state index contributed by atoms with van der Waals surface area (Å²) in [5, 5.41) is 18.3. The van der Waals surface area contributed by atoms with Gasteiger partial charge in [-0.15, -0.1) is 10.2 Å². The van der Waals surface area contributed by atoms with E-state index in [9.17, 15) is 4.79 Å². The maximum absolute atomic E-state index is 10.4. The van der Waals surface area contributed by atoms with Crippen LogP contribution in [0.5, 0.6) is 5.75 Å². The Morgan fingerprint density at radius 1 is 1.27 bits per heavy atom. The molecule has 0 fully saturated rings. The fourth-order valence-corrected chi connectivity index (χ4v) is 1.89. The molecule has 116 valence electrons. The minimum atomic E-state index is -1.04. The van der Waals surface area contributed by atoms with Crippen LogP contribution in [0.1, 0.15) is 11.1 Å². The van der Waals surface area contributed by atoms with Crippen molar-refractivity contribution in [2.45, 2.75) is 13.0 Å². The predicted molar refractivity (Wildman–Crippen MR) is 82.0 cm³/mol. The zero-order valence-corrected chi connectivity index (χ0v) is 12.4. The Morgan fingerprint density at radius 3 is 2.64 bits per heavy atom. The van der Waals surface area contributed by atoms with Crippen LogP contribution in [0.4, 0.5) is 10.6 Å². The monoisotopic (exact) mass is 322 g/mol. The van der Waals surface area contributed by atoms with Crippen molar-refractivity contribution < 1.29 is 14.6 Å². The van der Waals surface area contributed by atoms with Crippen molar-refractivity contribution in [3.8, 4) is 5.75 Å². The Morgan fingerprint density at radius 2 is 1.95 bits per heavy atom. The van der Waals surface area contributed by atoms with Gasteiger partial charge in [-0.3, -0.25) is 0 Å². The molecule has 0 saturated heterocycles. The third-order valence-corrected chi connectivity index (χ3v) is 3.06. The first-order valence-corrected chi connectivity index (χ1v) is 6.88. The molecule has 0 radical (unpaired) electrons. The van der Waals surface area contributed by atoms with Gasteiger partial charge in [0.05, 0.1) is 6.61 Å². The normalized spacial score (nSPS) is 10.2. The molecule has 8 heteroatoms. The van der Waals surface area contributed by atoms with Crippen molar-refractivity contribution in [3.05, 3.63) is 46.6 Å². The number of carboxylic acid groups (broad SMARTS) is 1. The van der Waals surface area contributed by atoms with Gasteiger partial charge in [-0.2, -0.15) is 0 Å². The van der Waals surface area contributed by atoms with E-state index < -0.39 is 6.09 Å². The summed E-state index contributed by atoms with van der Waals surface area (Å²) in [6, 6.07) is 9.09. The van der Waals surface area contributed by atoms with Gasteiger partial charge >= 0.3 is 6.09 Å². The van der Waals surface area contributed by atoms with E-state index in [4.69, 9.17) is 27.2 Å². The van der Waals surface area contributed by atoms with Crippen LogP contribution in [-0.4, -0.2) is 28.0 Å². The molecule has 1 amide bonds. The van der Waals surface area contributed by atoms with Crippen LogP contribution >= 0.6 is 11.6 Å². The van der Waals surface area contributed by atoms with Crippen LogP contribution < -0.4 is 15.8 Å². The van der Waals surface area contributed by atoms with Crippen LogP contribution in [0.25, 0.3) is 0 Å². The summed E-state index contributed by atoms with van der Waals surface area (Å²) >= 11 is 5.73. The lowest BCUT2D eigenvalue weighted by Gasteiger charge is -2.08. The zero-order valence-electron chi connectivity index (χ0n) is 11.6. The van der Waals surface area contributed by atoms with Crippen LogP contribution in [0.15, 0.2) is 30.3 Å². The molecule has 1 aromatic carbocycles. The van der Waals surface area contributed by atoms with Crippen molar-refractivity contribution >= 4 is 23.5 Å². The molecule has 1 heterocycles. The number of nitrogens with two attached hydrogens (primary N) is 1. The van der Waals surface area contributed by atoms with Crippen molar-refractivity contribution in [2.24, 2.45) is 0 Å². The summed E-state index contributed by atoms with van der Waals surface area (Å²) in [7, 11) is 0. The number of ether oxygens (including phenoxy) is 1. The second-order valence-electron chi connectivity index (χ2n) is 4.49. The summed E-state index contributed by atoms with van der Waals surface area (Å²) in [6.45, 7) is 0.697. The molecule has 1 aromatic heterocycles. The second kappa shape index (κ2) is 7.46. The Labute approximate surface area is 132 Å². The van der Waals surface area contributed by atoms with Gasteiger partial charge < -0.3 is 20.9 Å². The molecular weight excluding hydrogens is 308 g/mol. The number of halogens is 1. The van der Waals surface area contributed by atoms with Crippen molar-refractivity contribution in [1.82, 2.24) is 15.5 Å². The maximum atomic E-state index is 10.4. The zero-order chi connectivity index (χ0) is 15.9. The van der Waals surface area contributed by atoms with E-state index in [2.05, 4.69) is 15.5 Å². The molecule has 0 atom stereocenters. The fourth-order valence-electron chi connectivity index (χ4n) is 1.76. The van der Waals surface area contributed by atoms with Crippen molar-refractivity contribution in [3.63, 3.8) is 0 Å². The highest BCUT2D eigenvalue weighted by atomic mass is 35.5. The number of hydrogen-bond acceptors (Lipinski definition) is 5. The first kappa shape index (κ1) is 15.8. The first-order valence-electron chi connectivity index (χ1n) is 6.50. The quantitative estimate of drug-likeness (QED) is 0.751. The average Bonchev–Trinajstić information content (AvgIpc) is 2.50. The van der Waals surface area contributed by atoms with E-state index in [-0.39, 0.29) is 17.5 Å². The number of aromatic nitrogens is 2. The maximum Gasteiger partial charge on any atom is 0.404 e. The van der Waals surface area contributed by atoms with E-state index in [1.165, 1.54) is 6.07 Å². The summed E-state index contributed by atoms with van der Waals surface area (Å²) < 4.78 is 5.53. The van der Waals surface area contributed by atoms with Gasteiger partial charge in [0.2, 0.25) is 0 Å². The molecule has 2 rings (SSSR count). The Hall–Kier alpha value is -2.54. The fraction of sp³-hybridized carbons (Fsp3) is 0.214. The molecule has 0 aliphatic rings. The first-order chi connectivity index (χ1) is 10.5. The molecular formula is C14H15ClN4O3. The van der Waals surface area contributed by atoms with E-state index >= 15 is 0 Å². The molecule has 0 spiro atoms. The topological polar surface area (TPSA) is 110 Å². The lowest BCUT2D eigenvalue weighted by atomic mass is 10.1. The lowest BCUT2D eigenvalue weighted by Crippen LogP contribution is -2.19. The number of nitrogens with one attached hydrogen (secondary N) is 1. The Bertz CT molecular complexity index is 649. The Kier molecular flexibility index (Phi) is 5.37. The van der Waals surface area contributed by atoms with E-state index in [1.54, 1.807) is 0 Å². The summed E-state index contributed by atoms with van der Waals surface area (Å²) in [6.07, 6.45) is -0.369. The van der Waals surface area contributed by atoms with E-state index in [0.29, 0.717) is 18.8 Å². The number of nitrogen functional groups attached to an aromatic ring is 1. The van der Waals surface area contributed by atoms with Crippen LogP contribution in [-0.2, 0) is 13.0 Å². The van der Waals surface area contributed by atoms with Gasteiger partial charge in [0.25, 0.3) is 0 Å². The highest BCUT2D eigenvalue weighted by Crippen LogP contribution is 2.20. The third-order valence-electron chi connectivity index (χ3n) is 2.87. The number of anilines is 1. The van der Waals surface area contributed by atoms with Gasteiger partial charge in [-0.05, 0) is 11.1 Å². The van der Waals surface area contributed by atoms with Crippen molar-refractivity contribution in [1.29, 1.82) is 0 Å². The second-order valence-corrected chi connectivity index (χ2v) is 4.88.